The molecule has 2 rings (SSSR count). The number of piperidine rings is 1. The average molecular weight is 477 g/mol. The Bertz CT molecular complexity index is 524. The van der Waals surface area contributed by atoms with Crippen molar-refractivity contribution in [1.29, 1.82) is 0 Å². The first-order valence-corrected chi connectivity index (χ1v) is 9.78. The lowest BCUT2D eigenvalue weighted by Gasteiger charge is -2.30. The van der Waals surface area contributed by atoms with Crippen LogP contribution in [-0.4, -0.2) is 48.7 Å². The summed E-state index contributed by atoms with van der Waals surface area (Å²) in [5, 5.41) is 10.8. The molecule has 1 aromatic heterocycles. The molecule has 0 aliphatic carbocycles. The predicted octanol–water partition coefficient (Wildman–Crippen LogP) is 3.59. The SMILES string of the molecule is CCNC(=NCc1cc(C(C)C)no1)NCCCN1CCC(C)CC1.I. The van der Waals surface area contributed by atoms with Crippen LogP contribution < -0.4 is 10.6 Å². The van der Waals surface area contributed by atoms with E-state index in [2.05, 4.69) is 53.4 Å². The molecule has 0 atom stereocenters. The molecule has 0 bridgehead atoms. The monoisotopic (exact) mass is 477 g/mol. The number of hydrogen-bond donors (Lipinski definition) is 2. The molecular weight excluding hydrogens is 441 g/mol. The van der Waals surface area contributed by atoms with Gasteiger partial charge in [0.2, 0.25) is 0 Å². The van der Waals surface area contributed by atoms with Gasteiger partial charge in [-0.1, -0.05) is 25.9 Å². The maximum absolute atomic E-state index is 5.35. The first-order valence-electron chi connectivity index (χ1n) is 9.78. The smallest absolute Gasteiger partial charge is 0.191 e. The van der Waals surface area contributed by atoms with E-state index in [-0.39, 0.29) is 24.0 Å². The van der Waals surface area contributed by atoms with Crippen molar-refractivity contribution in [3.63, 3.8) is 0 Å². The Labute approximate surface area is 175 Å². The van der Waals surface area contributed by atoms with Crippen LogP contribution in [0, 0.1) is 5.92 Å². The topological polar surface area (TPSA) is 65.7 Å². The van der Waals surface area contributed by atoms with Crippen LogP contribution in [0.1, 0.15) is 64.3 Å². The van der Waals surface area contributed by atoms with Gasteiger partial charge in [-0.2, -0.15) is 0 Å². The van der Waals surface area contributed by atoms with E-state index in [9.17, 15) is 0 Å². The number of aliphatic imine (C=N–C) groups is 1. The zero-order chi connectivity index (χ0) is 18.1. The molecule has 6 nitrogen and oxygen atoms in total. The summed E-state index contributed by atoms with van der Waals surface area (Å²) in [6.07, 6.45) is 3.82. The Morgan fingerprint density at radius 2 is 2.08 bits per heavy atom. The number of rotatable bonds is 8. The van der Waals surface area contributed by atoms with Crippen LogP contribution in [0.15, 0.2) is 15.6 Å². The van der Waals surface area contributed by atoms with Crippen molar-refractivity contribution in [1.82, 2.24) is 20.7 Å². The molecule has 1 aliphatic rings. The Kier molecular flexibility index (Phi) is 11.2. The van der Waals surface area contributed by atoms with E-state index >= 15 is 0 Å². The second-order valence-electron chi connectivity index (χ2n) is 7.37. The molecule has 2 N–H and O–H groups in total. The van der Waals surface area contributed by atoms with Gasteiger partial charge >= 0.3 is 0 Å². The first kappa shape index (κ1) is 23.2. The minimum Gasteiger partial charge on any atom is -0.359 e. The largest absolute Gasteiger partial charge is 0.359 e. The fourth-order valence-corrected chi connectivity index (χ4v) is 2.97. The summed E-state index contributed by atoms with van der Waals surface area (Å²) >= 11 is 0. The zero-order valence-electron chi connectivity index (χ0n) is 16.8. The second-order valence-corrected chi connectivity index (χ2v) is 7.37. The zero-order valence-corrected chi connectivity index (χ0v) is 19.1. The van der Waals surface area contributed by atoms with Crippen molar-refractivity contribution >= 4 is 29.9 Å². The summed E-state index contributed by atoms with van der Waals surface area (Å²) in [7, 11) is 0. The predicted molar refractivity (Wildman–Crippen MR) is 118 cm³/mol. The third-order valence-corrected chi connectivity index (χ3v) is 4.73. The molecule has 1 aliphatic heterocycles. The maximum Gasteiger partial charge on any atom is 0.191 e. The highest BCUT2D eigenvalue weighted by molar-refractivity contribution is 14.0. The second kappa shape index (κ2) is 12.5. The standard InChI is InChI=1S/C19H35N5O.HI/c1-5-20-19(22-14-17-13-18(15(2)3)23-25-17)21-9-6-10-24-11-7-16(4)8-12-24;/h13,15-16H,5-12,14H2,1-4H3,(H2,20,21,22);1H. The molecule has 0 aromatic carbocycles. The van der Waals surface area contributed by atoms with Gasteiger partial charge in [0.1, 0.15) is 6.54 Å². The van der Waals surface area contributed by atoms with Gasteiger partial charge in [0.25, 0.3) is 0 Å². The quantitative estimate of drug-likeness (QED) is 0.259. The lowest BCUT2D eigenvalue weighted by Crippen LogP contribution is -2.39. The van der Waals surface area contributed by atoms with E-state index in [1.165, 1.54) is 32.5 Å². The molecule has 1 saturated heterocycles. The molecule has 0 radical (unpaired) electrons. The van der Waals surface area contributed by atoms with Crippen LogP contribution in [-0.2, 0) is 6.54 Å². The molecule has 0 amide bonds. The van der Waals surface area contributed by atoms with Crippen LogP contribution >= 0.6 is 24.0 Å². The van der Waals surface area contributed by atoms with Crippen LogP contribution in [0.5, 0.6) is 0 Å². The van der Waals surface area contributed by atoms with Crippen molar-refractivity contribution in [3.05, 3.63) is 17.5 Å². The highest BCUT2D eigenvalue weighted by atomic mass is 127. The number of likely N-dealkylation sites (tertiary alicyclic amines) is 1. The van der Waals surface area contributed by atoms with Crippen molar-refractivity contribution in [2.24, 2.45) is 10.9 Å². The van der Waals surface area contributed by atoms with Gasteiger partial charge in [0, 0.05) is 19.2 Å². The molecule has 1 aromatic rings. The van der Waals surface area contributed by atoms with Crippen molar-refractivity contribution in [2.75, 3.05) is 32.7 Å². The van der Waals surface area contributed by atoms with Crippen LogP contribution in [0.25, 0.3) is 0 Å². The Morgan fingerprint density at radius 1 is 1.35 bits per heavy atom. The van der Waals surface area contributed by atoms with Crippen LogP contribution in [0.3, 0.4) is 0 Å². The van der Waals surface area contributed by atoms with Gasteiger partial charge < -0.3 is 20.1 Å². The van der Waals surface area contributed by atoms with Gasteiger partial charge in [-0.25, -0.2) is 4.99 Å². The summed E-state index contributed by atoms with van der Waals surface area (Å²) in [5.74, 6) is 2.93. The third-order valence-electron chi connectivity index (χ3n) is 4.73. The summed E-state index contributed by atoms with van der Waals surface area (Å²) in [6, 6.07) is 2.00. The van der Waals surface area contributed by atoms with Gasteiger partial charge in [-0.05, 0) is 57.7 Å². The minimum atomic E-state index is 0. The van der Waals surface area contributed by atoms with Crippen LogP contribution in [0.4, 0.5) is 0 Å². The molecule has 2 heterocycles. The lowest BCUT2D eigenvalue weighted by molar-refractivity contribution is 0.191. The molecule has 0 unspecified atom stereocenters. The molecule has 150 valence electrons. The van der Waals surface area contributed by atoms with Gasteiger partial charge in [0.15, 0.2) is 11.7 Å². The molecular formula is C19H36IN5O. The Hall–Kier alpha value is -0.830. The molecule has 1 fully saturated rings. The lowest BCUT2D eigenvalue weighted by atomic mass is 9.99. The average Bonchev–Trinajstić information content (AvgIpc) is 3.07. The first-order chi connectivity index (χ1) is 12.1. The van der Waals surface area contributed by atoms with E-state index in [4.69, 9.17) is 4.52 Å². The van der Waals surface area contributed by atoms with E-state index in [0.29, 0.717) is 12.5 Å². The minimum absolute atomic E-state index is 0. The summed E-state index contributed by atoms with van der Waals surface area (Å²) in [6.45, 7) is 14.6. The number of aromatic nitrogens is 1. The van der Waals surface area contributed by atoms with Gasteiger partial charge in [-0.15, -0.1) is 24.0 Å². The Morgan fingerprint density at radius 3 is 2.69 bits per heavy atom. The molecule has 7 heteroatoms. The van der Waals surface area contributed by atoms with Crippen molar-refractivity contribution in [3.8, 4) is 0 Å². The molecule has 0 spiro atoms. The van der Waals surface area contributed by atoms with Crippen LogP contribution in [0.2, 0.25) is 0 Å². The summed E-state index contributed by atoms with van der Waals surface area (Å²) < 4.78 is 5.35. The summed E-state index contributed by atoms with van der Waals surface area (Å²) in [5.41, 5.74) is 0.985. The van der Waals surface area contributed by atoms with E-state index in [1.54, 1.807) is 0 Å². The highest BCUT2D eigenvalue weighted by Crippen LogP contribution is 2.16. The number of nitrogens with one attached hydrogen (secondary N) is 2. The van der Waals surface area contributed by atoms with E-state index < -0.39 is 0 Å². The number of guanidine groups is 1. The maximum atomic E-state index is 5.35. The molecule has 0 saturated carbocycles. The molecule has 26 heavy (non-hydrogen) atoms. The summed E-state index contributed by atoms with van der Waals surface area (Å²) in [4.78, 5) is 7.17. The van der Waals surface area contributed by atoms with E-state index in [0.717, 1.165) is 42.8 Å². The van der Waals surface area contributed by atoms with Gasteiger partial charge in [0.05, 0.1) is 5.69 Å². The highest BCUT2D eigenvalue weighted by Gasteiger charge is 2.14. The fourth-order valence-electron chi connectivity index (χ4n) is 2.97. The third kappa shape index (κ3) is 8.24. The van der Waals surface area contributed by atoms with E-state index in [1.807, 2.05) is 6.07 Å². The number of nitrogens with zero attached hydrogens (tertiary/aromatic N) is 3. The normalized spacial score (nSPS) is 16.6. The number of hydrogen-bond acceptors (Lipinski definition) is 4. The number of halogens is 1. The fraction of sp³-hybridized carbons (Fsp3) is 0.789. The van der Waals surface area contributed by atoms with Crippen molar-refractivity contribution < 1.29 is 4.52 Å². The Balaban J connectivity index is 0.00000338. The van der Waals surface area contributed by atoms with Gasteiger partial charge in [-0.3, -0.25) is 0 Å². The van der Waals surface area contributed by atoms with Crippen molar-refractivity contribution in [2.45, 2.75) is 59.4 Å².